The summed E-state index contributed by atoms with van der Waals surface area (Å²) >= 11 is 6.69. The first-order valence-corrected chi connectivity index (χ1v) is 12.4. The zero-order valence-electron chi connectivity index (χ0n) is 19.9. The number of rotatable bonds is 7. The molecular weight excluding hydrogens is 418 g/mol. The lowest BCUT2D eigenvalue weighted by molar-refractivity contribution is -0.118. The van der Waals surface area contributed by atoms with Crippen molar-refractivity contribution in [2.75, 3.05) is 7.11 Å². The summed E-state index contributed by atoms with van der Waals surface area (Å²) in [5.41, 5.74) is 4.79. The highest BCUT2D eigenvalue weighted by atomic mass is 35.5. The summed E-state index contributed by atoms with van der Waals surface area (Å²) in [5, 5.41) is 4.61. The standard InChI is InChI=1S/C28H36ClNO2/c1-19-7-5-6-8-22(19)15-32-25-23(29)9-20(10-24(25)31-4)14-30-28-13-21-11-26(2,17-28)16-27(3,12-21)18-28/h5-10,21,30H,11-18H2,1-4H3. The molecule has 4 bridgehead atoms. The molecule has 0 spiro atoms. The Morgan fingerprint density at radius 1 is 1.03 bits per heavy atom. The first-order valence-electron chi connectivity index (χ1n) is 12.0. The van der Waals surface area contributed by atoms with Gasteiger partial charge in [0.15, 0.2) is 11.5 Å². The Bertz CT molecular complexity index is 1000. The van der Waals surface area contributed by atoms with Crippen LogP contribution in [0.4, 0.5) is 0 Å². The van der Waals surface area contributed by atoms with Crippen molar-refractivity contribution >= 4 is 11.6 Å². The quantitative estimate of drug-likeness (QED) is 0.486. The highest BCUT2D eigenvalue weighted by Gasteiger charge is 2.59. The van der Waals surface area contributed by atoms with Gasteiger partial charge in [-0.3, -0.25) is 0 Å². The first kappa shape index (κ1) is 22.1. The summed E-state index contributed by atoms with van der Waals surface area (Å²) in [5.74, 6) is 2.20. The van der Waals surface area contributed by atoms with Crippen molar-refractivity contribution in [3.8, 4) is 11.5 Å². The molecule has 6 rings (SSSR count). The molecule has 4 saturated carbocycles. The fourth-order valence-corrected chi connectivity index (χ4v) is 8.16. The first-order chi connectivity index (χ1) is 15.2. The van der Waals surface area contributed by atoms with E-state index in [2.05, 4.69) is 44.3 Å². The topological polar surface area (TPSA) is 30.5 Å². The molecule has 0 amide bonds. The highest BCUT2D eigenvalue weighted by molar-refractivity contribution is 6.32. The summed E-state index contributed by atoms with van der Waals surface area (Å²) in [6.45, 7) is 8.42. The van der Waals surface area contributed by atoms with Crippen LogP contribution in [0.3, 0.4) is 0 Å². The maximum atomic E-state index is 6.69. The van der Waals surface area contributed by atoms with Crippen molar-refractivity contribution in [1.29, 1.82) is 0 Å². The van der Waals surface area contributed by atoms with Crippen molar-refractivity contribution in [1.82, 2.24) is 5.32 Å². The summed E-state index contributed by atoms with van der Waals surface area (Å²) in [6, 6.07) is 12.4. The van der Waals surface area contributed by atoms with Crippen LogP contribution in [0, 0.1) is 23.7 Å². The third-order valence-electron chi connectivity index (χ3n) is 8.22. The molecule has 2 aromatic carbocycles. The maximum Gasteiger partial charge on any atom is 0.180 e. The molecule has 3 nitrogen and oxygen atoms in total. The Hall–Kier alpha value is -1.71. The molecule has 2 aromatic rings. The van der Waals surface area contributed by atoms with Crippen LogP contribution >= 0.6 is 11.6 Å². The van der Waals surface area contributed by atoms with Gasteiger partial charge in [0.1, 0.15) is 6.61 Å². The smallest absolute Gasteiger partial charge is 0.180 e. The summed E-state index contributed by atoms with van der Waals surface area (Å²) < 4.78 is 11.8. The second-order valence-corrected chi connectivity index (χ2v) is 12.0. The van der Waals surface area contributed by atoms with E-state index in [1.165, 1.54) is 44.1 Å². The minimum absolute atomic E-state index is 0.267. The van der Waals surface area contributed by atoms with Gasteiger partial charge in [-0.2, -0.15) is 0 Å². The fourth-order valence-electron chi connectivity index (χ4n) is 7.87. The van der Waals surface area contributed by atoms with Crippen molar-refractivity contribution in [3.63, 3.8) is 0 Å². The van der Waals surface area contributed by atoms with Crippen molar-refractivity contribution in [3.05, 3.63) is 58.1 Å². The van der Waals surface area contributed by atoms with Crippen LogP contribution in [-0.4, -0.2) is 12.6 Å². The second kappa shape index (κ2) is 7.95. The van der Waals surface area contributed by atoms with Gasteiger partial charge in [-0.15, -0.1) is 0 Å². The van der Waals surface area contributed by atoms with E-state index in [1.54, 1.807) is 7.11 Å². The number of ether oxygens (including phenoxy) is 2. The molecule has 4 aliphatic carbocycles. The largest absolute Gasteiger partial charge is 0.493 e. The summed E-state index contributed by atoms with van der Waals surface area (Å²) in [4.78, 5) is 0. The van der Waals surface area contributed by atoms with Gasteiger partial charge < -0.3 is 14.8 Å². The third-order valence-corrected chi connectivity index (χ3v) is 8.50. The van der Waals surface area contributed by atoms with Gasteiger partial charge in [0.05, 0.1) is 12.1 Å². The zero-order chi connectivity index (χ0) is 22.6. The van der Waals surface area contributed by atoms with Crippen molar-refractivity contribution in [2.45, 2.75) is 78.0 Å². The number of aryl methyl sites for hydroxylation is 1. The average molecular weight is 454 g/mol. The molecule has 1 N–H and O–H groups in total. The number of nitrogens with one attached hydrogen (secondary N) is 1. The fraction of sp³-hybridized carbons (Fsp3) is 0.571. The average Bonchev–Trinajstić information content (AvgIpc) is 2.69. The number of benzene rings is 2. The number of hydrogen-bond acceptors (Lipinski definition) is 3. The van der Waals surface area contributed by atoms with E-state index in [4.69, 9.17) is 21.1 Å². The van der Waals surface area contributed by atoms with Crippen LogP contribution in [0.2, 0.25) is 5.02 Å². The SMILES string of the molecule is COc1cc(CNC23CC4CC(C)(CC(C)(C4)C2)C3)cc(Cl)c1OCc1ccccc1C. The Kier molecular flexibility index (Phi) is 5.49. The number of methoxy groups -OCH3 is 1. The van der Waals surface area contributed by atoms with Gasteiger partial charge in [0.25, 0.3) is 0 Å². The monoisotopic (exact) mass is 453 g/mol. The van der Waals surface area contributed by atoms with Gasteiger partial charge in [0, 0.05) is 12.1 Å². The molecule has 172 valence electrons. The normalized spacial score (nSPS) is 32.8. The predicted octanol–water partition coefficient (Wildman–Crippen LogP) is 7.07. The molecule has 32 heavy (non-hydrogen) atoms. The van der Waals surface area contributed by atoms with Crippen LogP contribution in [0.1, 0.15) is 69.1 Å². The minimum atomic E-state index is 0.267. The van der Waals surface area contributed by atoms with E-state index < -0.39 is 0 Å². The lowest BCUT2D eigenvalue weighted by Gasteiger charge is -2.65. The van der Waals surface area contributed by atoms with Crippen LogP contribution in [0.15, 0.2) is 36.4 Å². The maximum absolute atomic E-state index is 6.69. The van der Waals surface area contributed by atoms with Crippen LogP contribution < -0.4 is 14.8 Å². The molecule has 2 atom stereocenters. The second-order valence-electron chi connectivity index (χ2n) is 11.6. The third kappa shape index (κ3) is 4.15. The van der Waals surface area contributed by atoms with Crippen LogP contribution in [-0.2, 0) is 13.2 Å². The van der Waals surface area contributed by atoms with Gasteiger partial charge >= 0.3 is 0 Å². The van der Waals surface area contributed by atoms with Gasteiger partial charge in [-0.25, -0.2) is 0 Å². The van der Waals surface area contributed by atoms with E-state index >= 15 is 0 Å². The Morgan fingerprint density at radius 2 is 1.75 bits per heavy atom. The lowest BCUT2D eigenvalue weighted by atomic mass is 9.43. The molecule has 0 radical (unpaired) electrons. The van der Waals surface area contributed by atoms with Crippen molar-refractivity contribution in [2.24, 2.45) is 16.7 Å². The molecule has 0 saturated heterocycles. The number of hydrogen-bond donors (Lipinski definition) is 1. The van der Waals surface area contributed by atoms with Crippen LogP contribution in [0.5, 0.6) is 11.5 Å². The van der Waals surface area contributed by atoms with Crippen LogP contribution in [0.25, 0.3) is 0 Å². The Labute approximate surface area is 197 Å². The zero-order valence-corrected chi connectivity index (χ0v) is 20.6. The van der Waals surface area contributed by atoms with E-state index in [9.17, 15) is 0 Å². The number of halogens is 1. The summed E-state index contributed by atoms with van der Waals surface area (Å²) in [7, 11) is 1.68. The predicted molar refractivity (Wildman–Crippen MR) is 130 cm³/mol. The molecular formula is C28H36ClNO2. The Morgan fingerprint density at radius 3 is 2.41 bits per heavy atom. The van der Waals surface area contributed by atoms with Crippen molar-refractivity contribution < 1.29 is 9.47 Å². The van der Waals surface area contributed by atoms with E-state index in [1.807, 2.05) is 18.2 Å². The molecule has 0 aromatic heterocycles. The molecule has 2 unspecified atom stereocenters. The molecule has 4 fully saturated rings. The molecule has 0 heterocycles. The lowest BCUT2D eigenvalue weighted by Crippen LogP contribution is -2.63. The molecule has 0 aliphatic heterocycles. The minimum Gasteiger partial charge on any atom is -0.493 e. The van der Waals surface area contributed by atoms with Gasteiger partial charge in [-0.1, -0.05) is 49.7 Å². The highest BCUT2D eigenvalue weighted by Crippen LogP contribution is 2.66. The molecule has 4 heteroatoms. The Balaban J connectivity index is 1.31. The molecule has 4 aliphatic rings. The van der Waals surface area contributed by atoms with E-state index in [0.717, 1.165) is 23.6 Å². The van der Waals surface area contributed by atoms with E-state index in [0.29, 0.717) is 34.0 Å². The van der Waals surface area contributed by atoms with Gasteiger partial charge in [0.2, 0.25) is 0 Å². The summed E-state index contributed by atoms with van der Waals surface area (Å²) in [6.07, 6.45) is 8.15. The van der Waals surface area contributed by atoms with Gasteiger partial charge in [-0.05, 0) is 91.0 Å². The van der Waals surface area contributed by atoms with E-state index in [-0.39, 0.29) is 5.54 Å².